The number of rotatable bonds is 5. The standard InChI is InChI=1S/C20H20F3N3O2/c1-12-6-7-13-4-2-3-5-16(13)26(12)11-18(28)24-10-17(27)25-15-9-8-14(21)19(22)20(15)23/h2-5,8-9,12H,6-7,10-11H2,1H3,(H,24,28)(H,25,27)/t12-/m0/s1. The second-order valence-corrected chi connectivity index (χ2v) is 6.69. The van der Waals surface area contributed by atoms with Gasteiger partial charge in [-0.2, -0.15) is 0 Å². The van der Waals surface area contributed by atoms with E-state index in [0.29, 0.717) is 6.07 Å². The fraction of sp³-hybridized carbons (Fsp3) is 0.300. The molecule has 2 amide bonds. The highest BCUT2D eigenvalue weighted by Crippen LogP contribution is 2.29. The number of hydrogen-bond acceptors (Lipinski definition) is 3. The van der Waals surface area contributed by atoms with Crippen LogP contribution in [0.3, 0.4) is 0 Å². The number of carbonyl (C=O) groups is 2. The Labute approximate surface area is 160 Å². The van der Waals surface area contributed by atoms with Gasteiger partial charge in [-0.3, -0.25) is 9.59 Å². The Kier molecular flexibility index (Phi) is 5.87. The third-order valence-corrected chi connectivity index (χ3v) is 4.73. The van der Waals surface area contributed by atoms with Crippen LogP contribution < -0.4 is 15.5 Å². The van der Waals surface area contributed by atoms with Gasteiger partial charge in [0.15, 0.2) is 17.5 Å². The Morgan fingerprint density at radius 2 is 1.82 bits per heavy atom. The van der Waals surface area contributed by atoms with Crippen LogP contribution in [0.5, 0.6) is 0 Å². The maximum atomic E-state index is 13.6. The normalized spacial score (nSPS) is 15.7. The number of nitrogens with zero attached hydrogens (tertiary/aromatic N) is 1. The van der Waals surface area contributed by atoms with Crippen LogP contribution in [0.15, 0.2) is 36.4 Å². The molecule has 0 radical (unpaired) electrons. The molecule has 0 saturated heterocycles. The van der Waals surface area contributed by atoms with Crippen LogP contribution in [0, 0.1) is 17.5 Å². The predicted molar refractivity (Wildman–Crippen MR) is 99.5 cm³/mol. The molecule has 0 aromatic heterocycles. The number of aryl methyl sites for hydroxylation is 1. The molecule has 2 aromatic carbocycles. The van der Waals surface area contributed by atoms with Crippen molar-refractivity contribution in [3.05, 3.63) is 59.4 Å². The summed E-state index contributed by atoms with van der Waals surface area (Å²) in [5, 5.41) is 4.58. The van der Waals surface area contributed by atoms with Gasteiger partial charge in [-0.25, -0.2) is 13.2 Å². The van der Waals surface area contributed by atoms with Gasteiger partial charge < -0.3 is 15.5 Å². The maximum absolute atomic E-state index is 13.6. The summed E-state index contributed by atoms with van der Waals surface area (Å²) in [5.74, 6) is -5.62. The second kappa shape index (κ2) is 8.33. The molecule has 5 nitrogen and oxygen atoms in total. The fourth-order valence-corrected chi connectivity index (χ4v) is 3.21. The van der Waals surface area contributed by atoms with Gasteiger partial charge in [-0.15, -0.1) is 0 Å². The van der Waals surface area contributed by atoms with E-state index in [2.05, 4.69) is 10.6 Å². The first-order chi connectivity index (χ1) is 13.4. The lowest BCUT2D eigenvalue weighted by atomic mass is 9.97. The van der Waals surface area contributed by atoms with Gasteiger partial charge in [0.1, 0.15) is 0 Å². The van der Waals surface area contributed by atoms with Gasteiger partial charge in [0.25, 0.3) is 0 Å². The Bertz CT molecular complexity index is 904. The summed E-state index contributed by atoms with van der Waals surface area (Å²) in [6.07, 6.45) is 1.86. The summed E-state index contributed by atoms with van der Waals surface area (Å²) in [4.78, 5) is 26.1. The first kappa shape index (κ1) is 19.7. The van der Waals surface area contributed by atoms with E-state index in [4.69, 9.17) is 0 Å². The molecule has 148 valence electrons. The van der Waals surface area contributed by atoms with Crippen molar-refractivity contribution in [3.8, 4) is 0 Å². The number of amides is 2. The molecule has 0 bridgehead atoms. The molecule has 0 unspecified atom stereocenters. The smallest absolute Gasteiger partial charge is 0.243 e. The summed E-state index contributed by atoms with van der Waals surface area (Å²) in [7, 11) is 0. The first-order valence-electron chi connectivity index (χ1n) is 8.91. The Morgan fingerprint density at radius 1 is 1.07 bits per heavy atom. The van der Waals surface area contributed by atoms with Crippen LogP contribution in [0.1, 0.15) is 18.9 Å². The van der Waals surface area contributed by atoms with Gasteiger partial charge in [-0.1, -0.05) is 18.2 Å². The van der Waals surface area contributed by atoms with Crippen LogP contribution >= 0.6 is 0 Å². The lowest BCUT2D eigenvalue weighted by molar-refractivity contribution is -0.123. The quantitative estimate of drug-likeness (QED) is 0.771. The molecular weight excluding hydrogens is 371 g/mol. The van der Waals surface area contributed by atoms with Crippen molar-refractivity contribution >= 4 is 23.2 Å². The van der Waals surface area contributed by atoms with Gasteiger partial charge in [0.05, 0.1) is 18.8 Å². The molecule has 1 atom stereocenters. The van der Waals surface area contributed by atoms with Crippen molar-refractivity contribution in [2.75, 3.05) is 23.3 Å². The molecule has 0 saturated carbocycles. The third-order valence-electron chi connectivity index (χ3n) is 4.73. The molecule has 2 N–H and O–H groups in total. The van der Waals surface area contributed by atoms with Crippen LogP contribution in [0.25, 0.3) is 0 Å². The summed E-state index contributed by atoms with van der Waals surface area (Å²) < 4.78 is 39.7. The lowest BCUT2D eigenvalue weighted by Crippen LogP contribution is -2.45. The van der Waals surface area contributed by atoms with Crippen molar-refractivity contribution in [2.45, 2.75) is 25.8 Å². The highest BCUT2D eigenvalue weighted by Gasteiger charge is 2.24. The zero-order valence-electron chi connectivity index (χ0n) is 15.3. The molecule has 0 aliphatic carbocycles. The molecule has 0 fully saturated rings. The number of anilines is 2. The molecule has 1 aliphatic rings. The van der Waals surface area contributed by atoms with Crippen molar-refractivity contribution in [1.82, 2.24) is 5.32 Å². The number of para-hydroxylation sites is 1. The van der Waals surface area contributed by atoms with E-state index >= 15 is 0 Å². The van der Waals surface area contributed by atoms with E-state index in [-0.39, 0.29) is 18.5 Å². The van der Waals surface area contributed by atoms with E-state index in [1.807, 2.05) is 36.1 Å². The molecular formula is C20H20F3N3O2. The number of fused-ring (bicyclic) bond motifs is 1. The average Bonchev–Trinajstić information content (AvgIpc) is 2.69. The summed E-state index contributed by atoms with van der Waals surface area (Å²) >= 11 is 0. The zero-order valence-corrected chi connectivity index (χ0v) is 15.3. The lowest BCUT2D eigenvalue weighted by Gasteiger charge is -2.36. The number of nitrogens with one attached hydrogen (secondary N) is 2. The summed E-state index contributed by atoms with van der Waals surface area (Å²) in [5.41, 5.74) is 1.67. The Hall–Kier alpha value is -3.03. The summed E-state index contributed by atoms with van der Waals surface area (Å²) in [6.45, 7) is 1.69. The predicted octanol–water partition coefficient (Wildman–Crippen LogP) is 3.00. The first-order valence-corrected chi connectivity index (χ1v) is 8.91. The van der Waals surface area contributed by atoms with Gasteiger partial charge in [0, 0.05) is 11.7 Å². The maximum Gasteiger partial charge on any atom is 0.243 e. The van der Waals surface area contributed by atoms with Crippen LogP contribution in [0.4, 0.5) is 24.5 Å². The highest BCUT2D eigenvalue weighted by atomic mass is 19.2. The van der Waals surface area contributed by atoms with Crippen molar-refractivity contribution in [1.29, 1.82) is 0 Å². The van der Waals surface area contributed by atoms with Crippen LogP contribution in [-0.2, 0) is 16.0 Å². The van der Waals surface area contributed by atoms with E-state index in [1.165, 1.54) is 5.56 Å². The van der Waals surface area contributed by atoms with Gasteiger partial charge in [-0.05, 0) is 43.5 Å². The summed E-state index contributed by atoms with van der Waals surface area (Å²) in [6, 6.07) is 9.64. The monoisotopic (exact) mass is 391 g/mol. The minimum atomic E-state index is -1.67. The third kappa shape index (κ3) is 4.27. The van der Waals surface area contributed by atoms with E-state index in [1.54, 1.807) is 0 Å². The van der Waals surface area contributed by atoms with E-state index in [9.17, 15) is 22.8 Å². The average molecular weight is 391 g/mol. The molecule has 1 heterocycles. The number of carbonyl (C=O) groups excluding carboxylic acids is 2. The largest absolute Gasteiger partial charge is 0.359 e. The highest BCUT2D eigenvalue weighted by molar-refractivity contribution is 5.95. The molecule has 2 aromatic rings. The zero-order chi connectivity index (χ0) is 20.3. The van der Waals surface area contributed by atoms with E-state index in [0.717, 1.165) is 24.6 Å². The number of benzene rings is 2. The van der Waals surface area contributed by atoms with Crippen molar-refractivity contribution < 1.29 is 22.8 Å². The second-order valence-electron chi connectivity index (χ2n) is 6.69. The van der Waals surface area contributed by atoms with Crippen LogP contribution in [0.2, 0.25) is 0 Å². The van der Waals surface area contributed by atoms with Crippen LogP contribution in [-0.4, -0.2) is 30.9 Å². The molecule has 28 heavy (non-hydrogen) atoms. The molecule has 3 rings (SSSR count). The molecule has 1 aliphatic heterocycles. The van der Waals surface area contributed by atoms with Crippen molar-refractivity contribution in [3.63, 3.8) is 0 Å². The van der Waals surface area contributed by atoms with Crippen molar-refractivity contribution in [2.24, 2.45) is 0 Å². The Balaban J connectivity index is 1.56. The van der Waals surface area contributed by atoms with Gasteiger partial charge in [0.2, 0.25) is 11.8 Å². The number of halogens is 3. The minimum Gasteiger partial charge on any atom is -0.359 e. The topological polar surface area (TPSA) is 61.4 Å². The molecule has 8 heteroatoms. The SMILES string of the molecule is C[C@H]1CCc2ccccc2N1CC(=O)NCC(=O)Nc1ccc(F)c(F)c1F. The number of hydrogen-bond donors (Lipinski definition) is 2. The van der Waals surface area contributed by atoms with Gasteiger partial charge >= 0.3 is 0 Å². The molecule has 0 spiro atoms. The minimum absolute atomic E-state index is 0.0744. The fourth-order valence-electron chi connectivity index (χ4n) is 3.21. The van der Waals surface area contributed by atoms with E-state index < -0.39 is 35.6 Å². The Morgan fingerprint density at radius 3 is 2.61 bits per heavy atom.